The van der Waals surface area contributed by atoms with Crippen molar-refractivity contribution in [3.05, 3.63) is 57.0 Å². The minimum atomic E-state index is -0.283. The maximum absolute atomic E-state index is 12.1. The van der Waals surface area contributed by atoms with E-state index in [4.69, 9.17) is 39.5 Å². The van der Waals surface area contributed by atoms with Crippen molar-refractivity contribution in [2.75, 3.05) is 37.4 Å². The number of hydrogen-bond acceptors (Lipinski definition) is 4. The topological polar surface area (TPSA) is 79.5 Å². The maximum Gasteiger partial charge on any atom is 0.251 e. The second-order valence-electron chi connectivity index (χ2n) is 5.47. The lowest BCUT2D eigenvalue weighted by atomic mass is 10.2. The normalized spacial score (nSPS) is 10.4. The van der Waals surface area contributed by atoms with Crippen molar-refractivity contribution in [2.24, 2.45) is 0 Å². The standard InChI is InChI=1S/C18H18Cl3N3O3/c1-27-7-6-22-18(26)11-2-4-12(5-3-11)24-17(25)10-23-16-9-14(20)13(19)8-15(16)21/h2-5,8-9,23H,6-7,10H2,1H3,(H,22,26)(H,24,25). The first-order chi connectivity index (χ1) is 12.9. The molecule has 0 unspecified atom stereocenters. The first kappa shape index (κ1) is 21.3. The highest BCUT2D eigenvalue weighted by Gasteiger charge is 2.09. The molecule has 0 heterocycles. The summed E-state index contributed by atoms with van der Waals surface area (Å²) in [5.41, 5.74) is 1.56. The quantitative estimate of drug-likeness (QED) is 0.436. The van der Waals surface area contributed by atoms with Crippen LogP contribution in [-0.2, 0) is 9.53 Å². The van der Waals surface area contributed by atoms with E-state index in [1.54, 1.807) is 37.4 Å². The summed E-state index contributed by atoms with van der Waals surface area (Å²) < 4.78 is 4.88. The van der Waals surface area contributed by atoms with Gasteiger partial charge in [0, 0.05) is 24.9 Å². The predicted octanol–water partition coefficient (Wildman–Crippen LogP) is 4.07. The maximum atomic E-state index is 12.1. The monoisotopic (exact) mass is 429 g/mol. The number of benzene rings is 2. The number of rotatable bonds is 8. The van der Waals surface area contributed by atoms with E-state index in [0.717, 1.165) is 0 Å². The molecular formula is C18H18Cl3N3O3. The SMILES string of the molecule is COCCNC(=O)c1ccc(NC(=O)CNc2cc(Cl)c(Cl)cc2Cl)cc1. The van der Waals surface area contributed by atoms with Crippen molar-refractivity contribution in [1.29, 1.82) is 0 Å². The van der Waals surface area contributed by atoms with Gasteiger partial charge in [0.15, 0.2) is 0 Å². The van der Waals surface area contributed by atoms with Crippen molar-refractivity contribution in [1.82, 2.24) is 5.32 Å². The molecule has 0 atom stereocenters. The van der Waals surface area contributed by atoms with E-state index in [-0.39, 0.29) is 18.4 Å². The summed E-state index contributed by atoms with van der Waals surface area (Å²) >= 11 is 17.9. The van der Waals surface area contributed by atoms with Gasteiger partial charge in [-0.05, 0) is 36.4 Å². The highest BCUT2D eigenvalue weighted by atomic mass is 35.5. The van der Waals surface area contributed by atoms with Crippen LogP contribution < -0.4 is 16.0 Å². The van der Waals surface area contributed by atoms with E-state index in [2.05, 4.69) is 16.0 Å². The highest BCUT2D eigenvalue weighted by molar-refractivity contribution is 6.44. The average Bonchev–Trinajstić information content (AvgIpc) is 2.64. The summed E-state index contributed by atoms with van der Waals surface area (Å²) in [4.78, 5) is 24.0. The molecule has 0 aliphatic carbocycles. The van der Waals surface area contributed by atoms with Crippen molar-refractivity contribution in [2.45, 2.75) is 0 Å². The van der Waals surface area contributed by atoms with E-state index in [0.29, 0.717) is 45.2 Å². The van der Waals surface area contributed by atoms with Crippen LogP contribution in [0.4, 0.5) is 11.4 Å². The molecule has 27 heavy (non-hydrogen) atoms. The number of hydrogen-bond donors (Lipinski definition) is 3. The molecule has 0 aliphatic rings. The Hall–Kier alpha value is -1.99. The summed E-state index contributed by atoms with van der Waals surface area (Å²) in [6.07, 6.45) is 0. The van der Waals surface area contributed by atoms with Crippen molar-refractivity contribution in [3.63, 3.8) is 0 Å². The fourth-order valence-corrected chi connectivity index (χ4v) is 2.73. The minimum absolute atomic E-state index is 0.0169. The second kappa shape index (κ2) is 10.4. The van der Waals surface area contributed by atoms with Crippen LogP contribution in [0, 0.1) is 0 Å². The Bertz CT molecular complexity index is 813. The van der Waals surface area contributed by atoms with E-state index < -0.39 is 0 Å². The minimum Gasteiger partial charge on any atom is -0.383 e. The van der Waals surface area contributed by atoms with E-state index in [1.165, 1.54) is 6.07 Å². The molecule has 144 valence electrons. The van der Waals surface area contributed by atoms with Crippen LogP contribution in [0.5, 0.6) is 0 Å². The zero-order valence-corrected chi connectivity index (χ0v) is 16.7. The largest absolute Gasteiger partial charge is 0.383 e. The predicted molar refractivity (Wildman–Crippen MR) is 109 cm³/mol. The Morgan fingerprint density at radius 1 is 1.00 bits per heavy atom. The number of carbonyl (C=O) groups is 2. The van der Waals surface area contributed by atoms with E-state index >= 15 is 0 Å². The van der Waals surface area contributed by atoms with Gasteiger partial charge in [0.05, 0.1) is 33.9 Å². The zero-order valence-electron chi connectivity index (χ0n) is 14.4. The molecule has 2 rings (SSSR count). The third-order valence-corrected chi connectivity index (χ3v) is 4.51. The third kappa shape index (κ3) is 6.59. The van der Waals surface area contributed by atoms with Gasteiger partial charge in [0.2, 0.25) is 5.91 Å². The number of anilines is 2. The number of amides is 2. The first-order valence-corrected chi connectivity index (χ1v) is 9.09. The van der Waals surface area contributed by atoms with Crippen LogP contribution in [0.15, 0.2) is 36.4 Å². The smallest absolute Gasteiger partial charge is 0.251 e. The lowest BCUT2D eigenvalue weighted by molar-refractivity contribution is -0.114. The average molecular weight is 431 g/mol. The first-order valence-electron chi connectivity index (χ1n) is 7.96. The van der Waals surface area contributed by atoms with Crippen LogP contribution in [-0.4, -0.2) is 38.6 Å². The summed E-state index contributed by atoms with van der Waals surface area (Å²) in [7, 11) is 1.56. The molecule has 0 aliphatic heterocycles. The van der Waals surface area contributed by atoms with Gasteiger partial charge in [-0.3, -0.25) is 9.59 Å². The van der Waals surface area contributed by atoms with Gasteiger partial charge in [-0.25, -0.2) is 0 Å². The number of halogens is 3. The second-order valence-corrected chi connectivity index (χ2v) is 6.70. The molecule has 0 bridgehead atoms. The molecule has 0 aromatic heterocycles. The summed E-state index contributed by atoms with van der Waals surface area (Å²) in [5.74, 6) is -0.490. The molecule has 2 amide bonds. The number of carbonyl (C=O) groups excluding carboxylic acids is 2. The van der Waals surface area contributed by atoms with Gasteiger partial charge in [-0.15, -0.1) is 0 Å². The van der Waals surface area contributed by atoms with Gasteiger partial charge in [0.1, 0.15) is 0 Å². The number of nitrogens with one attached hydrogen (secondary N) is 3. The Morgan fingerprint density at radius 3 is 2.33 bits per heavy atom. The Balaban J connectivity index is 1.87. The summed E-state index contributed by atoms with van der Waals surface area (Å²) in [6, 6.07) is 9.60. The number of methoxy groups -OCH3 is 1. The van der Waals surface area contributed by atoms with Crippen LogP contribution in [0.2, 0.25) is 15.1 Å². The van der Waals surface area contributed by atoms with Gasteiger partial charge in [-0.1, -0.05) is 34.8 Å². The van der Waals surface area contributed by atoms with Gasteiger partial charge >= 0.3 is 0 Å². The third-order valence-electron chi connectivity index (χ3n) is 3.47. The Kier molecular flexibility index (Phi) is 8.19. The van der Waals surface area contributed by atoms with Crippen molar-refractivity contribution < 1.29 is 14.3 Å². The fourth-order valence-electron chi connectivity index (χ4n) is 2.11. The van der Waals surface area contributed by atoms with Crippen LogP contribution >= 0.6 is 34.8 Å². The molecule has 0 saturated carbocycles. The van der Waals surface area contributed by atoms with E-state index in [1.807, 2.05) is 0 Å². The molecule has 2 aromatic rings. The summed E-state index contributed by atoms with van der Waals surface area (Å²) in [6.45, 7) is 0.851. The lowest BCUT2D eigenvalue weighted by Crippen LogP contribution is -2.27. The van der Waals surface area contributed by atoms with Crippen molar-refractivity contribution >= 4 is 58.0 Å². The van der Waals surface area contributed by atoms with Gasteiger partial charge in [0.25, 0.3) is 5.91 Å². The lowest BCUT2D eigenvalue weighted by Gasteiger charge is -2.11. The fraction of sp³-hybridized carbons (Fsp3) is 0.222. The molecule has 3 N–H and O–H groups in total. The highest BCUT2D eigenvalue weighted by Crippen LogP contribution is 2.32. The molecule has 0 fully saturated rings. The van der Waals surface area contributed by atoms with Crippen LogP contribution in [0.3, 0.4) is 0 Å². The van der Waals surface area contributed by atoms with E-state index in [9.17, 15) is 9.59 Å². The molecule has 2 aromatic carbocycles. The van der Waals surface area contributed by atoms with Gasteiger partial charge in [-0.2, -0.15) is 0 Å². The molecule has 0 radical (unpaired) electrons. The molecule has 0 saturated heterocycles. The number of ether oxygens (including phenoxy) is 1. The van der Waals surface area contributed by atoms with Crippen LogP contribution in [0.25, 0.3) is 0 Å². The molecule has 6 nitrogen and oxygen atoms in total. The zero-order chi connectivity index (χ0) is 19.8. The molecular weight excluding hydrogens is 413 g/mol. The van der Waals surface area contributed by atoms with Gasteiger partial charge < -0.3 is 20.7 Å². The summed E-state index contributed by atoms with van der Waals surface area (Å²) in [5, 5.41) is 9.37. The van der Waals surface area contributed by atoms with Crippen LogP contribution in [0.1, 0.15) is 10.4 Å². The Morgan fingerprint density at radius 2 is 1.67 bits per heavy atom. The molecule has 9 heteroatoms. The molecule has 0 spiro atoms. The van der Waals surface area contributed by atoms with Crippen molar-refractivity contribution in [3.8, 4) is 0 Å². The Labute approximate surface area is 172 Å².